The van der Waals surface area contributed by atoms with Crippen LogP contribution < -0.4 is 14.8 Å². The third-order valence-corrected chi connectivity index (χ3v) is 5.63. The molecule has 4 nitrogen and oxygen atoms in total. The summed E-state index contributed by atoms with van der Waals surface area (Å²) in [7, 11) is 3.57. The van der Waals surface area contributed by atoms with Gasteiger partial charge in [0.25, 0.3) is 0 Å². The van der Waals surface area contributed by atoms with Crippen LogP contribution in [0.2, 0.25) is 0 Å². The lowest BCUT2D eigenvalue weighted by atomic mass is 9.79. The SMILES string of the molecule is COc1cc(C)cc(OC)c1[C@@H](C1CCCCC1)N1CCNCC1.Cl.Cl. The summed E-state index contributed by atoms with van der Waals surface area (Å²) in [4.78, 5) is 2.65. The van der Waals surface area contributed by atoms with Gasteiger partial charge in [-0.1, -0.05) is 19.3 Å². The van der Waals surface area contributed by atoms with Gasteiger partial charge in [0, 0.05) is 32.2 Å². The minimum Gasteiger partial charge on any atom is -0.496 e. The zero-order valence-electron chi connectivity index (χ0n) is 16.3. The standard InChI is InChI=1S/C20H32N2O2.2ClH/c1-15-13-17(23-2)19(18(14-15)24-3)20(16-7-5-4-6-8-16)22-11-9-21-10-12-22;;/h13-14,16,20-21H,4-12H2,1-3H3;2*1H/t20-;;/m1../s1. The van der Waals surface area contributed by atoms with Gasteiger partial charge in [-0.05, 0) is 43.4 Å². The molecule has 0 aromatic heterocycles. The lowest BCUT2D eigenvalue weighted by Crippen LogP contribution is -2.47. The van der Waals surface area contributed by atoms with Gasteiger partial charge in [-0.2, -0.15) is 0 Å². The number of benzene rings is 1. The molecule has 1 aliphatic heterocycles. The van der Waals surface area contributed by atoms with Crippen molar-refractivity contribution in [3.8, 4) is 11.5 Å². The van der Waals surface area contributed by atoms with Crippen molar-refractivity contribution in [1.82, 2.24) is 10.2 Å². The van der Waals surface area contributed by atoms with E-state index in [0.717, 1.165) is 37.7 Å². The summed E-state index contributed by atoms with van der Waals surface area (Å²) in [5.74, 6) is 2.67. The number of rotatable bonds is 5. The normalized spacial score (nSPS) is 19.8. The lowest BCUT2D eigenvalue weighted by molar-refractivity contribution is 0.0990. The Bertz CT molecular complexity index is 502. The van der Waals surface area contributed by atoms with Crippen LogP contribution in [0.25, 0.3) is 0 Å². The largest absolute Gasteiger partial charge is 0.496 e. The number of hydrogen-bond donors (Lipinski definition) is 1. The van der Waals surface area contributed by atoms with Crippen LogP contribution in [0.4, 0.5) is 0 Å². The Labute approximate surface area is 170 Å². The summed E-state index contributed by atoms with van der Waals surface area (Å²) in [5.41, 5.74) is 2.45. The Kier molecular flexibility index (Phi) is 10.1. The summed E-state index contributed by atoms with van der Waals surface area (Å²) in [6, 6.07) is 4.73. The maximum absolute atomic E-state index is 5.81. The highest BCUT2D eigenvalue weighted by Crippen LogP contribution is 2.46. The Morgan fingerprint density at radius 3 is 2.00 bits per heavy atom. The molecule has 0 amide bonds. The summed E-state index contributed by atoms with van der Waals surface area (Å²) in [6.45, 7) is 6.44. The molecule has 1 aliphatic carbocycles. The van der Waals surface area contributed by atoms with E-state index < -0.39 is 0 Å². The van der Waals surface area contributed by atoms with Gasteiger partial charge >= 0.3 is 0 Å². The number of nitrogens with zero attached hydrogens (tertiary/aromatic N) is 1. The van der Waals surface area contributed by atoms with Crippen molar-refractivity contribution in [1.29, 1.82) is 0 Å². The first-order valence-corrected chi connectivity index (χ1v) is 9.42. The van der Waals surface area contributed by atoms with Crippen molar-refractivity contribution < 1.29 is 9.47 Å². The third-order valence-electron chi connectivity index (χ3n) is 5.63. The zero-order valence-corrected chi connectivity index (χ0v) is 17.9. The third kappa shape index (κ3) is 5.19. The molecule has 2 fully saturated rings. The van der Waals surface area contributed by atoms with Gasteiger partial charge in [0.15, 0.2) is 0 Å². The van der Waals surface area contributed by atoms with Gasteiger partial charge < -0.3 is 14.8 Å². The number of nitrogens with one attached hydrogen (secondary N) is 1. The molecule has 0 radical (unpaired) electrons. The van der Waals surface area contributed by atoms with E-state index in [4.69, 9.17) is 9.47 Å². The topological polar surface area (TPSA) is 33.7 Å². The molecule has 1 saturated heterocycles. The van der Waals surface area contributed by atoms with Crippen molar-refractivity contribution in [3.05, 3.63) is 23.3 Å². The molecule has 0 spiro atoms. The molecule has 1 atom stereocenters. The predicted octanol–water partition coefficient (Wildman–Crippen LogP) is 4.38. The second-order valence-electron chi connectivity index (χ2n) is 7.21. The van der Waals surface area contributed by atoms with Crippen molar-refractivity contribution in [3.63, 3.8) is 0 Å². The minimum atomic E-state index is 0. The average molecular weight is 405 g/mol. The average Bonchev–Trinajstić information content (AvgIpc) is 2.64. The van der Waals surface area contributed by atoms with E-state index in [2.05, 4.69) is 29.3 Å². The Balaban J connectivity index is 0.00000169. The molecule has 1 N–H and O–H groups in total. The quantitative estimate of drug-likeness (QED) is 0.788. The molecule has 1 aromatic carbocycles. The van der Waals surface area contributed by atoms with E-state index in [1.165, 1.54) is 43.2 Å². The molecule has 0 bridgehead atoms. The fraction of sp³-hybridized carbons (Fsp3) is 0.700. The van der Waals surface area contributed by atoms with E-state index in [1.807, 2.05) is 0 Å². The first kappa shape index (κ1) is 23.4. The number of methoxy groups -OCH3 is 2. The monoisotopic (exact) mass is 404 g/mol. The Morgan fingerprint density at radius 2 is 1.50 bits per heavy atom. The van der Waals surface area contributed by atoms with E-state index in [1.54, 1.807) is 14.2 Å². The van der Waals surface area contributed by atoms with E-state index in [9.17, 15) is 0 Å². The highest BCUT2D eigenvalue weighted by molar-refractivity contribution is 5.85. The molecule has 1 saturated carbocycles. The van der Waals surface area contributed by atoms with Crippen molar-refractivity contribution >= 4 is 24.8 Å². The molecule has 6 heteroatoms. The number of piperazine rings is 1. The van der Waals surface area contributed by atoms with E-state index in [0.29, 0.717) is 12.0 Å². The molecule has 2 aliphatic rings. The molecule has 1 aromatic rings. The number of aryl methyl sites for hydroxylation is 1. The second-order valence-corrected chi connectivity index (χ2v) is 7.21. The molecule has 26 heavy (non-hydrogen) atoms. The highest BCUT2D eigenvalue weighted by atomic mass is 35.5. The number of halogens is 2. The second kappa shape index (κ2) is 11.2. The number of ether oxygens (including phenoxy) is 2. The van der Waals surface area contributed by atoms with E-state index >= 15 is 0 Å². The van der Waals surface area contributed by atoms with Gasteiger partial charge in [-0.3, -0.25) is 4.90 Å². The smallest absolute Gasteiger partial charge is 0.127 e. The van der Waals surface area contributed by atoms with Crippen LogP contribution in [0.1, 0.15) is 49.3 Å². The summed E-state index contributed by atoms with van der Waals surface area (Å²) >= 11 is 0. The molecule has 3 rings (SSSR count). The van der Waals surface area contributed by atoms with Crippen LogP contribution in [0.15, 0.2) is 12.1 Å². The molecular formula is C20H34Cl2N2O2. The Hall–Kier alpha value is -0.680. The number of hydrogen-bond acceptors (Lipinski definition) is 4. The van der Waals surface area contributed by atoms with Crippen LogP contribution >= 0.6 is 24.8 Å². The molecule has 0 unspecified atom stereocenters. The van der Waals surface area contributed by atoms with Gasteiger partial charge in [-0.15, -0.1) is 24.8 Å². The lowest BCUT2D eigenvalue weighted by Gasteiger charge is -2.42. The molecule has 1 heterocycles. The van der Waals surface area contributed by atoms with Gasteiger partial charge in [0.05, 0.1) is 19.8 Å². The maximum atomic E-state index is 5.81. The highest BCUT2D eigenvalue weighted by Gasteiger charge is 2.35. The fourth-order valence-corrected chi connectivity index (χ4v) is 4.49. The first-order chi connectivity index (χ1) is 11.7. The van der Waals surface area contributed by atoms with Gasteiger partial charge in [-0.25, -0.2) is 0 Å². The van der Waals surface area contributed by atoms with Crippen LogP contribution in [-0.4, -0.2) is 45.3 Å². The van der Waals surface area contributed by atoms with Crippen LogP contribution in [-0.2, 0) is 0 Å². The molecule has 150 valence electrons. The minimum absolute atomic E-state index is 0. The van der Waals surface area contributed by atoms with Gasteiger partial charge in [0.1, 0.15) is 11.5 Å². The van der Waals surface area contributed by atoms with Gasteiger partial charge in [0.2, 0.25) is 0 Å². The fourth-order valence-electron chi connectivity index (χ4n) is 4.49. The Morgan fingerprint density at radius 1 is 0.962 bits per heavy atom. The first-order valence-electron chi connectivity index (χ1n) is 9.42. The van der Waals surface area contributed by atoms with Crippen LogP contribution in [0.3, 0.4) is 0 Å². The summed E-state index contributed by atoms with van der Waals surface area (Å²) in [5, 5.41) is 3.49. The zero-order chi connectivity index (χ0) is 16.9. The van der Waals surface area contributed by atoms with Crippen molar-refractivity contribution in [2.75, 3.05) is 40.4 Å². The maximum Gasteiger partial charge on any atom is 0.127 e. The van der Waals surface area contributed by atoms with Crippen LogP contribution in [0.5, 0.6) is 11.5 Å². The molecular weight excluding hydrogens is 371 g/mol. The summed E-state index contributed by atoms with van der Waals surface area (Å²) < 4.78 is 11.6. The van der Waals surface area contributed by atoms with Crippen LogP contribution in [0, 0.1) is 12.8 Å². The van der Waals surface area contributed by atoms with Crippen molar-refractivity contribution in [2.45, 2.75) is 45.1 Å². The summed E-state index contributed by atoms with van der Waals surface area (Å²) in [6.07, 6.45) is 6.71. The van der Waals surface area contributed by atoms with Crippen molar-refractivity contribution in [2.24, 2.45) is 5.92 Å². The van der Waals surface area contributed by atoms with E-state index in [-0.39, 0.29) is 24.8 Å². The predicted molar refractivity (Wildman–Crippen MR) is 113 cm³/mol.